The Morgan fingerprint density at radius 1 is 1.50 bits per heavy atom. The van der Waals surface area contributed by atoms with Gasteiger partial charge in [-0.25, -0.2) is 0 Å². The third kappa shape index (κ3) is 4.61. The molecule has 0 bridgehead atoms. The number of nitrogens with two attached hydrogens (primary N) is 1. The molecule has 0 saturated heterocycles. The molecule has 3 N–H and O–H groups in total. The van der Waals surface area contributed by atoms with Gasteiger partial charge in [-0.05, 0) is 18.9 Å². The highest BCUT2D eigenvalue weighted by Gasteiger charge is 1.93. The predicted octanol–water partition coefficient (Wildman–Crippen LogP) is 2.12. The topological polar surface area (TPSA) is 38.0 Å². The van der Waals surface area contributed by atoms with Crippen molar-refractivity contribution in [2.45, 2.75) is 20.8 Å². The fourth-order valence-electron chi connectivity index (χ4n) is 0.789. The second kappa shape index (κ2) is 5.47. The Morgan fingerprint density at radius 2 is 2.08 bits per heavy atom. The number of nitrogens with one attached hydrogen (secondary N) is 1. The van der Waals surface area contributed by atoms with Crippen molar-refractivity contribution in [3.63, 3.8) is 0 Å². The molecule has 0 heterocycles. The summed E-state index contributed by atoms with van der Waals surface area (Å²) in [5.74, 6) is 0.510. The summed E-state index contributed by atoms with van der Waals surface area (Å²) < 4.78 is 0. The van der Waals surface area contributed by atoms with Crippen LogP contribution in [-0.4, -0.2) is 0 Å². The van der Waals surface area contributed by atoms with Crippen molar-refractivity contribution in [1.82, 2.24) is 5.32 Å². The van der Waals surface area contributed by atoms with Crippen LogP contribution in [0.2, 0.25) is 0 Å². The summed E-state index contributed by atoms with van der Waals surface area (Å²) in [5.41, 5.74) is 7.26. The predicted molar refractivity (Wildman–Crippen MR) is 54.2 cm³/mol. The highest BCUT2D eigenvalue weighted by atomic mass is 14.9. The molecule has 0 aromatic heterocycles. The van der Waals surface area contributed by atoms with Gasteiger partial charge in [-0.3, -0.25) is 0 Å². The lowest BCUT2D eigenvalue weighted by molar-refractivity contribution is 0.809. The van der Waals surface area contributed by atoms with E-state index in [1.54, 1.807) is 6.08 Å². The van der Waals surface area contributed by atoms with Crippen LogP contribution in [0.5, 0.6) is 0 Å². The lowest BCUT2D eigenvalue weighted by Gasteiger charge is -2.07. The fraction of sp³-hybridized carbons (Fsp3) is 0.400. The second-order valence-corrected chi connectivity index (χ2v) is 3.04. The highest BCUT2D eigenvalue weighted by Crippen LogP contribution is 2.02. The van der Waals surface area contributed by atoms with Crippen molar-refractivity contribution in [1.29, 1.82) is 0 Å². The Hall–Kier alpha value is -1.18. The largest absolute Gasteiger partial charge is 0.403 e. The van der Waals surface area contributed by atoms with Crippen molar-refractivity contribution in [2.24, 2.45) is 11.7 Å². The molecule has 0 aliphatic rings. The standard InChI is InChI=1S/C10H18N2/c1-5-10(6-8(2)3)12-9(4)7-11/h5-8,12H,1,11H2,2-4H3/b9-7+,10-6-. The summed E-state index contributed by atoms with van der Waals surface area (Å²) in [6.45, 7) is 9.85. The molecular formula is C10H18N2. The van der Waals surface area contributed by atoms with Crippen LogP contribution in [0.1, 0.15) is 20.8 Å². The van der Waals surface area contributed by atoms with Crippen molar-refractivity contribution in [3.8, 4) is 0 Å². The Kier molecular flexibility index (Phi) is 4.93. The molecule has 0 amide bonds. The SMILES string of the molecule is C=C/C(=C/C(C)C)N/C(C)=C/N. The number of hydrogen-bond acceptors (Lipinski definition) is 2. The third-order valence-electron chi connectivity index (χ3n) is 1.32. The third-order valence-corrected chi connectivity index (χ3v) is 1.32. The first-order valence-electron chi connectivity index (χ1n) is 4.10. The molecule has 2 nitrogen and oxygen atoms in total. The van der Waals surface area contributed by atoms with Crippen LogP contribution in [0.25, 0.3) is 0 Å². The first-order valence-corrected chi connectivity index (χ1v) is 4.10. The van der Waals surface area contributed by atoms with E-state index in [0.29, 0.717) is 5.92 Å². The summed E-state index contributed by atoms with van der Waals surface area (Å²) in [5, 5.41) is 3.13. The average Bonchev–Trinajstić information content (AvgIpc) is 2.02. The summed E-state index contributed by atoms with van der Waals surface area (Å²) in [6.07, 6.45) is 5.42. The zero-order chi connectivity index (χ0) is 9.56. The van der Waals surface area contributed by atoms with Crippen molar-refractivity contribution in [2.75, 3.05) is 0 Å². The zero-order valence-corrected chi connectivity index (χ0v) is 8.09. The van der Waals surface area contributed by atoms with Crippen LogP contribution in [-0.2, 0) is 0 Å². The van der Waals surface area contributed by atoms with E-state index in [9.17, 15) is 0 Å². The van der Waals surface area contributed by atoms with Crippen LogP contribution < -0.4 is 11.1 Å². The molecule has 0 rings (SSSR count). The van der Waals surface area contributed by atoms with E-state index in [-0.39, 0.29) is 0 Å². The quantitative estimate of drug-likeness (QED) is 0.628. The monoisotopic (exact) mass is 166 g/mol. The van der Waals surface area contributed by atoms with Crippen molar-refractivity contribution < 1.29 is 0 Å². The summed E-state index contributed by atoms with van der Waals surface area (Å²) in [6, 6.07) is 0. The smallest absolute Gasteiger partial charge is 0.0338 e. The molecule has 68 valence electrons. The van der Waals surface area contributed by atoms with Gasteiger partial charge in [0.05, 0.1) is 0 Å². The van der Waals surface area contributed by atoms with Gasteiger partial charge < -0.3 is 11.1 Å². The van der Waals surface area contributed by atoms with E-state index in [0.717, 1.165) is 11.4 Å². The minimum atomic E-state index is 0.510. The van der Waals surface area contributed by atoms with Gasteiger partial charge in [0.25, 0.3) is 0 Å². The molecular weight excluding hydrogens is 148 g/mol. The van der Waals surface area contributed by atoms with Gasteiger partial charge in [-0.2, -0.15) is 0 Å². The molecule has 2 heteroatoms. The van der Waals surface area contributed by atoms with E-state index in [1.165, 1.54) is 6.20 Å². The van der Waals surface area contributed by atoms with Crippen molar-refractivity contribution >= 4 is 0 Å². The number of rotatable bonds is 4. The highest BCUT2D eigenvalue weighted by molar-refractivity contribution is 5.19. The number of hydrogen-bond donors (Lipinski definition) is 2. The lowest BCUT2D eigenvalue weighted by Crippen LogP contribution is -2.10. The average molecular weight is 166 g/mol. The minimum Gasteiger partial charge on any atom is -0.403 e. The summed E-state index contributed by atoms with van der Waals surface area (Å²) in [7, 11) is 0. The maximum atomic E-state index is 5.32. The molecule has 0 aliphatic carbocycles. The Morgan fingerprint density at radius 3 is 2.42 bits per heavy atom. The van der Waals surface area contributed by atoms with Gasteiger partial charge in [-0.1, -0.05) is 26.5 Å². The van der Waals surface area contributed by atoms with E-state index >= 15 is 0 Å². The van der Waals surface area contributed by atoms with Crippen LogP contribution in [0.4, 0.5) is 0 Å². The summed E-state index contributed by atoms with van der Waals surface area (Å²) >= 11 is 0. The van der Waals surface area contributed by atoms with Gasteiger partial charge in [0.15, 0.2) is 0 Å². The maximum absolute atomic E-state index is 5.32. The van der Waals surface area contributed by atoms with Crippen LogP contribution in [0.15, 0.2) is 36.3 Å². The molecule has 0 radical (unpaired) electrons. The minimum absolute atomic E-state index is 0.510. The van der Waals surface area contributed by atoms with E-state index in [2.05, 4.69) is 31.8 Å². The molecule has 0 atom stereocenters. The van der Waals surface area contributed by atoms with E-state index < -0.39 is 0 Å². The lowest BCUT2D eigenvalue weighted by atomic mass is 10.2. The first-order chi connectivity index (χ1) is 5.60. The Bertz CT molecular complexity index is 200. The maximum Gasteiger partial charge on any atom is 0.0338 e. The Labute approximate surface area is 74.8 Å². The van der Waals surface area contributed by atoms with Crippen LogP contribution in [0.3, 0.4) is 0 Å². The molecule has 12 heavy (non-hydrogen) atoms. The van der Waals surface area contributed by atoms with E-state index in [4.69, 9.17) is 5.73 Å². The zero-order valence-electron chi connectivity index (χ0n) is 8.09. The summed E-state index contributed by atoms with van der Waals surface area (Å²) in [4.78, 5) is 0. The van der Waals surface area contributed by atoms with Gasteiger partial charge in [0, 0.05) is 17.6 Å². The van der Waals surface area contributed by atoms with Crippen LogP contribution in [0, 0.1) is 5.92 Å². The van der Waals surface area contributed by atoms with Gasteiger partial charge in [0.1, 0.15) is 0 Å². The van der Waals surface area contributed by atoms with Gasteiger partial charge in [0.2, 0.25) is 0 Å². The molecule has 0 unspecified atom stereocenters. The molecule has 0 fully saturated rings. The van der Waals surface area contributed by atoms with Gasteiger partial charge >= 0.3 is 0 Å². The van der Waals surface area contributed by atoms with Crippen LogP contribution >= 0.6 is 0 Å². The molecule has 0 aromatic carbocycles. The molecule has 0 aliphatic heterocycles. The molecule has 0 aromatic rings. The molecule has 0 spiro atoms. The van der Waals surface area contributed by atoms with E-state index in [1.807, 2.05) is 6.92 Å². The van der Waals surface area contributed by atoms with Gasteiger partial charge in [-0.15, -0.1) is 0 Å². The fourth-order valence-corrected chi connectivity index (χ4v) is 0.789. The Balaban J connectivity index is 4.28. The number of allylic oxidation sites excluding steroid dienone is 3. The second-order valence-electron chi connectivity index (χ2n) is 3.04. The van der Waals surface area contributed by atoms with Crippen molar-refractivity contribution in [3.05, 3.63) is 36.3 Å². The normalized spacial score (nSPS) is 13.3. The first kappa shape index (κ1) is 10.8. The molecule has 0 saturated carbocycles.